The van der Waals surface area contributed by atoms with Crippen molar-refractivity contribution in [3.63, 3.8) is 0 Å². The summed E-state index contributed by atoms with van der Waals surface area (Å²) in [5.41, 5.74) is 11.2. The van der Waals surface area contributed by atoms with Crippen LogP contribution in [0.25, 0.3) is 0 Å². The van der Waals surface area contributed by atoms with Crippen molar-refractivity contribution < 1.29 is 5.11 Å². The number of aliphatic hydroxyl groups excluding tert-OH is 1. The molecule has 3 atom stereocenters. The number of anilines is 2. The highest BCUT2D eigenvalue weighted by Crippen LogP contribution is 2.60. The summed E-state index contributed by atoms with van der Waals surface area (Å²) in [7, 11) is 0. The Balaban J connectivity index is 1.46. The van der Waals surface area contributed by atoms with Crippen LogP contribution in [-0.2, 0) is 18.3 Å². The topological polar surface area (TPSA) is 45.2 Å². The molecule has 6 rings (SSSR count). The molecule has 3 aliphatic rings. The van der Waals surface area contributed by atoms with Crippen molar-refractivity contribution in [1.82, 2.24) is 4.98 Å². The van der Waals surface area contributed by atoms with E-state index in [4.69, 9.17) is 0 Å². The van der Waals surface area contributed by atoms with Gasteiger partial charge < -0.3 is 10.4 Å². The van der Waals surface area contributed by atoms with Crippen LogP contribution in [0.4, 0.5) is 11.4 Å². The van der Waals surface area contributed by atoms with E-state index in [2.05, 4.69) is 72.7 Å². The largest absolute Gasteiger partial charge is 0.393 e. The molecular formula is C31H34N2O. The molecule has 174 valence electrons. The summed E-state index contributed by atoms with van der Waals surface area (Å²) < 4.78 is 0. The molecule has 0 radical (unpaired) electrons. The van der Waals surface area contributed by atoms with E-state index in [1.165, 1.54) is 22.3 Å². The van der Waals surface area contributed by atoms with Crippen molar-refractivity contribution in [1.29, 1.82) is 0 Å². The quantitative estimate of drug-likeness (QED) is 0.429. The molecule has 2 N–H and O–H groups in total. The normalized spacial score (nSPS) is 27.7. The van der Waals surface area contributed by atoms with Gasteiger partial charge in [0.2, 0.25) is 0 Å². The first-order valence-corrected chi connectivity index (χ1v) is 12.7. The zero-order chi connectivity index (χ0) is 23.3. The maximum atomic E-state index is 10.6. The summed E-state index contributed by atoms with van der Waals surface area (Å²) in [5.74, 6) is 0. The monoisotopic (exact) mass is 450 g/mol. The molecule has 1 fully saturated rings. The molecule has 1 saturated carbocycles. The predicted molar refractivity (Wildman–Crippen MR) is 138 cm³/mol. The van der Waals surface area contributed by atoms with E-state index in [0.29, 0.717) is 0 Å². The van der Waals surface area contributed by atoms with E-state index in [1.54, 1.807) is 11.1 Å². The van der Waals surface area contributed by atoms with Gasteiger partial charge in [-0.25, -0.2) is 0 Å². The average molecular weight is 451 g/mol. The summed E-state index contributed by atoms with van der Waals surface area (Å²) >= 11 is 0. The first kappa shape index (κ1) is 21.6. The fourth-order valence-electron chi connectivity index (χ4n) is 7.14. The second kappa shape index (κ2) is 8.09. The lowest BCUT2D eigenvalue weighted by atomic mass is 9.54. The van der Waals surface area contributed by atoms with Gasteiger partial charge in [-0.1, -0.05) is 54.5 Å². The number of pyridine rings is 1. The molecule has 0 unspecified atom stereocenters. The molecule has 0 saturated heterocycles. The van der Waals surface area contributed by atoms with Gasteiger partial charge in [-0.3, -0.25) is 4.98 Å². The summed E-state index contributed by atoms with van der Waals surface area (Å²) in [4.78, 5) is 4.30. The zero-order valence-electron chi connectivity index (χ0n) is 20.3. The van der Waals surface area contributed by atoms with E-state index in [-0.39, 0.29) is 16.9 Å². The smallest absolute Gasteiger partial charge is 0.0600 e. The Morgan fingerprint density at radius 1 is 1.03 bits per heavy atom. The van der Waals surface area contributed by atoms with Crippen LogP contribution in [0, 0.1) is 12.3 Å². The van der Waals surface area contributed by atoms with Gasteiger partial charge in [0.1, 0.15) is 0 Å². The minimum Gasteiger partial charge on any atom is -0.393 e. The number of nitrogens with one attached hydrogen (secondary N) is 1. The van der Waals surface area contributed by atoms with Crippen LogP contribution in [0.2, 0.25) is 0 Å². The number of nitrogens with zero attached hydrogens (tertiary/aromatic N) is 1. The number of aromatic nitrogens is 1. The maximum absolute atomic E-state index is 10.6. The highest BCUT2D eigenvalue weighted by molar-refractivity contribution is 5.65. The molecule has 3 heteroatoms. The molecule has 0 bridgehead atoms. The van der Waals surface area contributed by atoms with Gasteiger partial charge in [0.25, 0.3) is 0 Å². The van der Waals surface area contributed by atoms with E-state index in [9.17, 15) is 5.11 Å². The van der Waals surface area contributed by atoms with Crippen LogP contribution in [0.15, 0.2) is 78.1 Å². The predicted octanol–water partition coefficient (Wildman–Crippen LogP) is 6.81. The van der Waals surface area contributed by atoms with Gasteiger partial charge in [0.05, 0.1) is 18.0 Å². The molecule has 2 aromatic carbocycles. The number of hydrogen-bond acceptors (Lipinski definition) is 3. The third-order valence-corrected chi connectivity index (χ3v) is 8.83. The summed E-state index contributed by atoms with van der Waals surface area (Å²) in [6, 6.07) is 20.1. The molecule has 3 nitrogen and oxygen atoms in total. The third kappa shape index (κ3) is 3.49. The molecule has 3 aliphatic carbocycles. The second-order valence-corrected chi connectivity index (χ2v) is 11.0. The van der Waals surface area contributed by atoms with Gasteiger partial charge in [0, 0.05) is 17.3 Å². The van der Waals surface area contributed by atoms with Crippen LogP contribution >= 0.6 is 0 Å². The standard InChI is InChI=1S/C31H34N2O/c1-21-12-15-32-20-29(21)33-24-9-11-26-23(16-24)8-10-27-28-17-25(34)19-30(28,2)13-14-31(26,27)18-22-6-4-3-5-7-22/h3-7,9,11-12,15-16,20,25,33-34H,8,10,13-14,17-19H2,1-2H3/t25-,30-,31+/m0/s1. The molecule has 34 heavy (non-hydrogen) atoms. The molecule has 0 spiro atoms. The number of aryl methyl sites for hydroxylation is 2. The van der Waals surface area contributed by atoms with Crippen molar-refractivity contribution in [2.24, 2.45) is 5.41 Å². The van der Waals surface area contributed by atoms with Crippen molar-refractivity contribution >= 4 is 11.4 Å². The number of aliphatic hydroxyl groups is 1. The maximum Gasteiger partial charge on any atom is 0.0600 e. The average Bonchev–Trinajstić information content (AvgIpc) is 3.15. The first-order valence-electron chi connectivity index (χ1n) is 12.7. The number of allylic oxidation sites excluding steroid dienone is 1. The van der Waals surface area contributed by atoms with Gasteiger partial charge >= 0.3 is 0 Å². The minimum absolute atomic E-state index is 0.0383. The van der Waals surface area contributed by atoms with Crippen LogP contribution in [0.1, 0.15) is 61.3 Å². The zero-order valence-corrected chi connectivity index (χ0v) is 20.3. The lowest BCUT2D eigenvalue weighted by Gasteiger charge is -2.50. The molecule has 1 aromatic heterocycles. The van der Waals surface area contributed by atoms with Crippen molar-refractivity contribution in [2.75, 3.05) is 5.32 Å². The number of rotatable bonds is 4. The van der Waals surface area contributed by atoms with Crippen molar-refractivity contribution in [3.05, 3.63) is 100 Å². The fraction of sp³-hybridized carbons (Fsp3) is 0.387. The Morgan fingerprint density at radius 2 is 1.88 bits per heavy atom. The summed E-state index contributed by atoms with van der Waals surface area (Å²) in [6.07, 6.45) is 10.9. The first-order chi connectivity index (χ1) is 16.5. The number of hydrogen-bond donors (Lipinski definition) is 2. The van der Waals surface area contributed by atoms with Crippen LogP contribution in [0.3, 0.4) is 0 Å². The molecular weight excluding hydrogens is 416 g/mol. The Bertz CT molecular complexity index is 1260. The molecule has 3 aromatic rings. The highest BCUT2D eigenvalue weighted by Gasteiger charge is 2.52. The summed E-state index contributed by atoms with van der Waals surface area (Å²) in [5, 5.41) is 14.2. The SMILES string of the molecule is Cc1ccncc1Nc1ccc2c(c1)CCC1=C3C[C@H](O)C[C@]3(C)CC[C@]12Cc1ccccc1. The van der Waals surface area contributed by atoms with E-state index >= 15 is 0 Å². The number of fused-ring (bicyclic) bond motifs is 4. The highest BCUT2D eigenvalue weighted by atomic mass is 16.3. The minimum atomic E-state index is -0.185. The van der Waals surface area contributed by atoms with Crippen LogP contribution < -0.4 is 5.32 Å². The van der Waals surface area contributed by atoms with Crippen LogP contribution in [-0.4, -0.2) is 16.2 Å². The van der Waals surface area contributed by atoms with Crippen molar-refractivity contribution in [2.45, 2.75) is 70.3 Å². The van der Waals surface area contributed by atoms with Gasteiger partial charge in [-0.2, -0.15) is 0 Å². The second-order valence-electron chi connectivity index (χ2n) is 11.0. The van der Waals surface area contributed by atoms with E-state index in [0.717, 1.165) is 56.3 Å². The Kier molecular flexibility index (Phi) is 5.14. The summed E-state index contributed by atoms with van der Waals surface area (Å²) in [6.45, 7) is 4.52. The lowest BCUT2D eigenvalue weighted by molar-refractivity contribution is 0.156. The van der Waals surface area contributed by atoms with E-state index < -0.39 is 0 Å². The van der Waals surface area contributed by atoms with Crippen LogP contribution in [0.5, 0.6) is 0 Å². The molecule has 0 aliphatic heterocycles. The number of benzene rings is 2. The van der Waals surface area contributed by atoms with Gasteiger partial charge in [-0.05, 0) is 97.7 Å². The Labute approximate surface area is 203 Å². The molecule has 1 heterocycles. The third-order valence-electron chi connectivity index (χ3n) is 8.83. The Hall–Kier alpha value is -2.91. The Morgan fingerprint density at radius 3 is 2.71 bits per heavy atom. The van der Waals surface area contributed by atoms with Crippen molar-refractivity contribution in [3.8, 4) is 0 Å². The van der Waals surface area contributed by atoms with E-state index in [1.807, 2.05) is 18.5 Å². The fourth-order valence-corrected chi connectivity index (χ4v) is 7.14. The van der Waals surface area contributed by atoms with Gasteiger partial charge in [0.15, 0.2) is 0 Å². The molecule has 0 amide bonds. The van der Waals surface area contributed by atoms with Gasteiger partial charge in [-0.15, -0.1) is 0 Å². The lowest BCUT2D eigenvalue weighted by Crippen LogP contribution is -2.42.